The number of likely N-dealkylation sites (tertiary alicyclic amines) is 1. The van der Waals surface area contributed by atoms with Crippen molar-refractivity contribution in [2.24, 2.45) is 0 Å². The summed E-state index contributed by atoms with van der Waals surface area (Å²) >= 11 is 0. The van der Waals surface area contributed by atoms with E-state index in [-0.39, 0.29) is 11.8 Å². The fraction of sp³-hybridized carbons (Fsp3) is 0.379. The number of rotatable bonds is 6. The molecule has 202 valence electrons. The molecule has 3 aliphatic heterocycles. The summed E-state index contributed by atoms with van der Waals surface area (Å²) < 4.78 is 16.7. The zero-order valence-electron chi connectivity index (χ0n) is 22.2. The van der Waals surface area contributed by atoms with Gasteiger partial charge in [0.1, 0.15) is 23.9 Å². The van der Waals surface area contributed by atoms with Crippen LogP contribution in [0.25, 0.3) is 0 Å². The van der Waals surface area contributed by atoms with Crippen molar-refractivity contribution >= 4 is 23.5 Å². The molecule has 0 saturated carbocycles. The van der Waals surface area contributed by atoms with Gasteiger partial charge in [-0.1, -0.05) is 0 Å². The van der Waals surface area contributed by atoms with Crippen molar-refractivity contribution in [3.05, 3.63) is 65.0 Å². The first-order valence-corrected chi connectivity index (χ1v) is 13.2. The van der Waals surface area contributed by atoms with Crippen LogP contribution >= 0.6 is 0 Å². The number of ether oxygens (including phenoxy) is 3. The van der Waals surface area contributed by atoms with Gasteiger partial charge in [0, 0.05) is 50.2 Å². The number of amides is 2. The number of fused-ring (bicyclic) bond motifs is 2. The molecule has 2 amide bonds. The van der Waals surface area contributed by atoms with Crippen molar-refractivity contribution in [3.8, 4) is 17.2 Å². The minimum Gasteiger partial charge on any atom is -0.497 e. The number of piperidine rings is 1. The Labute approximate surface area is 227 Å². The first-order chi connectivity index (χ1) is 19.1. The Morgan fingerprint density at radius 3 is 2.64 bits per heavy atom. The highest BCUT2D eigenvalue weighted by Gasteiger charge is 2.31. The van der Waals surface area contributed by atoms with Crippen LogP contribution in [-0.2, 0) is 13.1 Å². The van der Waals surface area contributed by atoms with Crippen LogP contribution in [0, 0.1) is 0 Å². The largest absolute Gasteiger partial charge is 0.497 e. The van der Waals surface area contributed by atoms with Crippen LogP contribution < -0.4 is 19.1 Å². The van der Waals surface area contributed by atoms with E-state index in [1.165, 1.54) is 0 Å². The van der Waals surface area contributed by atoms with E-state index in [2.05, 4.69) is 9.97 Å². The van der Waals surface area contributed by atoms with E-state index in [0.717, 1.165) is 43.5 Å². The number of nitrogens with zero attached hydrogens (tertiary/aromatic N) is 5. The van der Waals surface area contributed by atoms with Gasteiger partial charge in [-0.3, -0.25) is 9.59 Å². The van der Waals surface area contributed by atoms with Crippen LogP contribution in [0.3, 0.4) is 0 Å². The fourth-order valence-corrected chi connectivity index (χ4v) is 5.44. The Bertz CT molecular complexity index is 1420. The van der Waals surface area contributed by atoms with Crippen molar-refractivity contribution in [1.82, 2.24) is 19.8 Å². The molecule has 5 heterocycles. The van der Waals surface area contributed by atoms with Gasteiger partial charge in [0.2, 0.25) is 0 Å². The first-order valence-electron chi connectivity index (χ1n) is 13.2. The second kappa shape index (κ2) is 10.4. The van der Waals surface area contributed by atoms with Gasteiger partial charge >= 0.3 is 0 Å². The summed E-state index contributed by atoms with van der Waals surface area (Å²) in [5, 5.41) is 0. The molecule has 1 saturated heterocycles. The molecule has 3 aliphatic rings. The Balaban J connectivity index is 1.22. The van der Waals surface area contributed by atoms with Gasteiger partial charge in [-0.25, -0.2) is 9.97 Å². The summed E-state index contributed by atoms with van der Waals surface area (Å²) in [4.78, 5) is 41.1. The number of anilines is 2. The standard InChI is InChI=1S/C29H31N5O5/c1-37-22-7-6-19(24(14-22)38-2)17-33-18-21-13-26(30-16-23(21)29(33)36)34-10-11-39-25-12-20(15-31-27(25)34)28(35)32-8-4-3-5-9-32/h6-7,12-16H,3-5,8-11,17-18H2,1-2H3. The number of aromatic nitrogens is 2. The molecule has 10 heteroatoms. The van der Waals surface area contributed by atoms with Gasteiger partial charge in [-0.2, -0.15) is 0 Å². The van der Waals surface area contributed by atoms with E-state index in [0.29, 0.717) is 66.3 Å². The van der Waals surface area contributed by atoms with Gasteiger partial charge in [0.05, 0.1) is 31.9 Å². The number of carbonyl (C=O) groups is 2. The Morgan fingerprint density at radius 2 is 1.85 bits per heavy atom. The molecule has 2 aromatic heterocycles. The molecule has 10 nitrogen and oxygen atoms in total. The van der Waals surface area contributed by atoms with Crippen LogP contribution in [0.1, 0.15) is 51.1 Å². The van der Waals surface area contributed by atoms with E-state index in [4.69, 9.17) is 14.2 Å². The third kappa shape index (κ3) is 4.71. The van der Waals surface area contributed by atoms with E-state index in [9.17, 15) is 9.59 Å². The summed E-state index contributed by atoms with van der Waals surface area (Å²) in [5.41, 5.74) is 2.93. The third-order valence-electron chi connectivity index (χ3n) is 7.54. The van der Waals surface area contributed by atoms with Crippen LogP contribution in [-0.4, -0.2) is 72.0 Å². The first kappa shape index (κ1) is 25.0. The molecule has 0 radical (unpaired) electrons. The molecular weight excluding hydrogens is 498 g/mol. The Morgan fingerprint density at radius 1 is 1.00 bits per heavy atom. The average Bonchev–Trinajstić information content (AvgIpc) is 3.30. The maximum absolute atomic E-state index is 13.2. The lowest BCUT2D eigenvalue weighted by Crippen LogP contribution is -2.36. The van der Waals surface area contributed by atoms with Crippen molar-refractivity contribution in [3.63, 3.8) is 0 Å². The maximum atomic E-state index is 13.2. The predicted octanol–water partition coefficient (Wildman–Crippen LogP) is 3.81. The highest BCUT2D eigenvalue weighted by molar-refractivity contribution is 5.98. The second-order valence-corrected chi connectivity index (χ2v) is 9.94. The Kier molecular flexibility index (Phi) is 6.68. The van der Waals surface area contributed by atoms with E-state index < -0.39 is 0 Å². The van der Waals surface area contributed by atoms with Gasteiger partial charge in [0.25, 0.3) is 11.8 Å². The lowest BCUT2D eigenvalue weighted by Gasteiger charge is -2.30. The highest BCUT2D eigenvalue weighted by atomic mass is 16.5. The average molecular weight is 530 g/mol. The number of pyridine rings is 2. The lowest BCUT2D eigenvalue weighted by atomic mass is 10.1. The minimum absolute atomic E-state index is 0.00604. The quantitative estimate of drug-likeness (QED) is 0.476. The van der Waals surface area contributed by atoms with Crippen LogP contribution in [0.2, 0.25) is 0 Å². The van der Waals surface area contributed by atoms with Crippen molar-refractivity contribution in [1.29, 1.82) is 0 Å². The van der Waals surface area contributed by atoms with E-state index in [1.807, 2.05) is 34.1 Å². The number of hydrogen-bond acceptors (Lipinski definition) is 8. The molecule has 0 N–H and O–H groups in total. The van der Waals surface area contributed by atoms with Crippen LogP contribution in [0.4, 0.5) is 11.6 Å². The molecule has 39 heavy (non-hydrogen) atoms. The molecule has 1 aromatic carbocycles. The number of carbonyl (C=O) groups excluding carboxylic acids is 2. The van der Waals surface area contributed by atoms with E-state index in [1.54, 1.807) is 37.6 Å². The molecule has 6 rings (SSSR count). The van der Waals surface area contributed by atoms with Gasteiger partial charge in [-0.05, 0) is 49.1 Å². The lowest BCUT2D eigenvalue weighted by molar-refractivity contribution is 0.0722. The molecule has 0 bridgehead atoms. The number of hydrogen-bond donors (Lipinski definition) is 0. The van der Waals surface area contributed by atoms with Crippen molar-refractivity contribution in [2.75, 3.05) is 45.4 Å². The normalized spacial score (nSPS) is 16.5. The highest BCUT2D eigenvalue weighted by Crippen LogP contribution is 2.37. The third-order valence-corrected chi connectivity index (χ3v) is 7.54. The number of methoxy groups -OCH3 is 2. The summed E-state index contributed by atoms with van der Waals surface area (Å²) in [5.74, 6) is 3.17. The molecule has 0 aliphatic carbocycles. The topological polar surface area (TPSA) is 97.3 Å². The molecule has 0 unspecified atom stereocenters. The maximum Gasteiger partial charge on any atom is 0.256 e. The van der Waals surface area contributed by atoms with Gasteiger partial charge in [-0.15, -0.1) is 0 Å². The van der Waals surface area contributed by atoms with Crippen LogP contribution in [0.5, 0.6) is 17.2 Å². The van der Waals surface area contributed by atoms with Crippen molar-refractivity contribution in [2.45, 2.75) is 32.4 Å². The SMILES string of the molecule is COc1ccc(CN2Cc3cc(N4CCOc5cc(C(=O)N6CCCCC6)cnc54)ncc3C2=O)c(OC)c1. The zero-order valence-corrected chi connectivity index (χ0v) is 22.2. The summed E-state index contributed by atoms with van der Waals surface area (Å²) in [7, 11) is 3.21. The van der Waals surface area contributed by atoms with Crippen molar-refractivity contribution < 1.29 is 23.8 Å². The van der Waals surface area contributed by atoms with Gasteiger partial charge in [0.15, 0.2) is 11.6 Å². The fourth-order valence-electron chi connectivity index (χ4n) is 5.44. The predicted molar refractivity (Wildman–Crippen MR) is 144 cm³/mol. The summed E-state index contributed by atoms with van der Waals surface area (Å²) in [6.45, 7) is 3.44. The molecule has 1 fully saturated rings. The molecular formula is C29H31N5O5. The minimum atomic E-state index is -0.0664. The van der Waals surface area contributed by atoms with Crippen LogP contribution in [0.15, 0.2) is 42.7 Å². The molecule has 0 atom stereocenters. The van der Waals surface area contributed by atoms with E-state index >= 15 is 0 Å². The molecule has 0 spiro atoms. The Hall–Kier alpha value is -4.34. The summed E-state index contributed by atoms with van der Waals surface area (Å²) in [6.07, 6.45) is 6.50. The van der Waals surface area contributed by atoms with Gasteiger partial charge < -0.3 is 28.9 Å². The molecule has 3 aromatic rings. The zero-order chi connectivity index (χ0) is 26.9. The monoisotopic (exact) mass is 529 g/mol. The second-order valence-electron chi connectivity index (χ2n) is 9.94. The smallest absolute Gasteiger partial charge is 0.256 e. The summed E-state index contributed by atoms with van der Waals surface area (Å²) in [6, 6.07) is 9.32. The number of benzene rings is 1.